The molecular formula is C17H33N3. The summed E-state index contributed by atoms with van der Waals surface area (Å²) < 4.78 is 0. The zero-order chi connectivity index (χ0) is 14.4. The first-order valence-corrected chi connectivity index (χ1v) is 8.56. The molecule has 2 bridgehead atoms. The maximum absolute atomic E-state index is 3.95. The molecule has 1 aliphatic heterocycles. The van der Waals surface area contributed by atoms with Gasteiger partial charge >= 0.3 is 0 Å². The van der Waals surface area contributed by atoms with Crippen molar-refractivity contribution >= 4 is 0 Å². The lowest BCUT2D eigenvalue weighted by Crippen LogP contribution is -2.53. The summed E-state index contributed by atoms with van der Waals surface area (Å²) in [4.78, 5) is 5.06. The Hall–Kier alpha value is -0.120. The van der Waals surface area contributed by atoms with Crippen molar-refractivity contribution in [1.29, 1.82) is 0 Å². The van der Waals surface area contributed by atoms with Gasteiger partial charge < -0.3 is 10.2 Å². The molecule has 2 saturated carbocycles. The average molecular weight is 279 g/mol. The van der Waals surface area contributed by atoms with Gasteiger partial charge in [-0.3, -0.25) is 4.90 Å². The minimum Gasteiger partial charge on any atom is -0.312 e. The van der Waals surface area contributed by atoms with E-state index in [-0.39, 0.29) is 0 Å². The topological polar surface area (TPSA) is 18.5 Å². The van der Waals surface area contributed by atoms with Gasteiger partial charge in [0.25, 0.3) is 0 Å². The van der Waals surface area contributed by atoms with Gasteiger partial charge in [0.15, 0.2) is 0 Å². The van der Waals surface area contributed by atoms with Crippen LogP contribution in [0.15, 0.2) is 0 Å². The summed E-state index contributed by atoms with van der Waals surface area (Å²) in [6.45, 7) is 14.9. The van der Waals surface area contributed by atoms with E-state index < -0.39 is 0 Å². The van der Waals surface area contributed by atoms with Crippen molar-refractivity contribution < 1.29 is 0 Å². The first-order chi connectivity index (χ1) is 9.42. The van der Waals surface area contributed by atoms with Crippen LogP contribution in [0.25, 0.3) is 0 Å². The van der Waals surface area contributed by atoms with Crippen molar-refractivity contribution in [3.8, 4) is 0 Å². The molecule has 0 spiro atoms. The fourth-order valence-corrected chi connectivity index (χ4v) is 5.25. The Morgan fingerprint density at radius 3 is 2.40 bits per heavy atom. The number of nitrogens with one attached hydrogen (secondary N) is 1. The summed E-state index contributed by atoms with van der Waals surface area (Å²) in [5, 5.41) is 3.95. The molecular weight excluding hydrogens is 246 g/mol. The first-order valence-electron chi connectivity index (χ1n) is 8.56. The highest BCUT2D eigenvalue weighted by Gasteiger charge is 2.58. The average Bonchev–Trinajstić information content (AvgIpc) is 2.87. The number of fused-ring (bicyclic) bond motifs is 2. The largest absolute Gasteiger partial charge is 0.312 e. The van der Waals surface area contributed by atoms with Crippen LogP contribution in [0.2, 0.25) is 0 Å². The molecule has 2 aliphatic carbocycles. The second kappa shape index (κ2) is 5.26. The molecule has 3 heteroatoms. The fourth-order valence-electron chi connectivity index (χ4n) is 5.25. The number of nitrogens with zero attached hydrogens (tertiary/aromatic N) is 2. The number of rotatable bonds is 4. The van der Waals surface area contributed by atoms with Crippen LogP contribution in [0.3, 0.4) is 0 Å². The summed E-state index contributed by atoms with van der Waals surface area (Å²) in [6.07, 6.45) is 4.35. The van der Waals surface area contributed by atoms with Gasteiger partial charge in [-0.25, -0.2) is 0 Å². The van der Waals surface area contributed by atoms with E-state index >= 15 is 0 Å². The van der Waals surface area contributed by atoms with Crippen LogP contribution in [0.1, 0.15) is 40.0 Å². The summed E-state index contributed by atoms with van der Waals surface area (Å²) in [7, 11) is 2.23. The molecule has 3 rings (SSSR count). The van der Waals surface area contributed by atoms with Crippen molar-refractivity contribution in [3.63, 3.8) is 0 Å². The lowest BCUT2D eigenvalue weighted by Gasteiger charge is -2.44. The minimum absolute atomic E-state index is 0.495. The van der Waals surface area contributed by atoms with Gasteiger partial charge in [-0.15, -0.1) is 0 Å². The van der Waals surface area contributed by atoms with Gasteiger partial charge in [-0.1, -0.05) is 20.8 Å². The van der Waals surface area contributed by atoms with Crippen molar-refractivity contribution in [3.05, 3.63) is 0 Å². The maximum atomic E-state index is 3.95. The predicted octanol–water partition coefficient (Wildman–Crippen LogP) is 2.04. The molecule has 0 amide bonds. The first kappa shape index (κ1) is 14.8. The van der Waals surface area contributed by atoms with Gasteiger partial charge in [0.1, 0.15) is 0 Å². The van der Waals surface area contributed by atoms with Gasteiger partial charge in [0.2, 0.25) is 0 Å². The number of likely N-dealkylation sites (N-methyl/N-ethyl adjacent to an activating group) is 1. The molecule has 0 radical (unpaired) electrons. The third-order valence-corrected chi connectivity index (χ3v) is 6.64. The Kier molecular flexibility index (Phi) is 3.89. The third kappa shape index (κ3) is 2.53. The molecule has 20 heavy (non-hydrogen) atoms. The van der Waals surface area contributed by atoms with E-state index in [2.05, 4.69) is 42.9 Å². The maximum Gasteiger partial charge on any atom is 0.0175 e. The Bertz CT molecular complexity index is 341. The van der Waals surface area contributed by atoms with Gasteiger partial charge in [-0.2, -0.15) is 0 Å². The quantitative estimate of drug-likeness (QED) is 0.849. The normalized spacial score (nSPS) is 41.4. The molecule has 3 atom stereocenters. The predicted molar refractivity (Wildman–Crippen MR) is 85.0 cm³/mol. The molecule has 1 heterocycles. The van der Waals surface area contributed by atoms with E-state index in [1.165, 1.54) is 58.5 Å². The smallest absolute Gasteiger partial charge is 0.0175 e. The van der Waals surface area contributed by atoms with Gasteiger partial charge in [0, 0.05) is 45.3 Å². The highest BCUT2D eigenvalue weighted by molar-refractivity contribution is 5.11. The zero-order valence-electron chi connectivity index (χ0n) is 13.9. The summed E-state index contributed by atoms with van der Waals surface area (Å²) in [5.41, 5.74) is 1.06. The van der Waals surface area contributed by atoms with E-state index in [1.807, 2.05) is 0 Å². The molecule has 1 saturated heterocycles. The van der Waals surface area contributed by atoms with Crippen LogP contribution >= 0.6 is 0 Å². The molecule has 0 aromatic carbocycles. The molecule has 116 valence electrons. The summed E-state index contributed by atoms with van der Waals surface area (Å²) in [6, 6.07) is 0.723. The van der Waals surface area contributed by atoms with Crippen LogP contribution in [-0.4, -0.2) is 62.2 Å². The third-order valence-electron chi connectivity index (χ3n) is 6.64. The monoisotopic (exact) mass is 279 g/mol. The molecule has 3 aliphatic rings. The van der Waals surface area contributed by atoms with Gasteiger partial charge in [-0.05, 0) is 43.1 Å². The standard InChI is InChI=1S/C17H33N3/c1-16(2)14-5-6-17(3,13-14)15(16)18-7-8-20-11-9-19(4)10-12-20/h14-15,18H,5-13H2,1-4H3/t14-,15?,17+/m0/s1. The highest BCUT2D eigenvalue weighted by atomic mass is 15.2. The number of hydrogen-bond acceptors (Lipinski definition) is 3. The highest BCUT2D eigenvalue weighted by Crippen LogP contribution is 2.62. The molecule has 1 unspecified atom stereocenters. The second-order valence-electron chi connectivity index (χ2n) is 8.45. The SMILES string of the molecule is CN1CCN(CCNC2C(C)(C)[C@H]3CC[C@]2(C)C3)CC1. The molecule has 0 aromatic heterocycles. The Morgan fingerprint density at radius 1 is 1.10 bits per heavy atom. The number of hydrogen-bond donors (Lipinski definition) is 1. The number of piperazine rings is 1. The van der Waals surface area contributed by atoms with Crippen molar-refractivity contribution in [1.82, 2.24) is 15.1 Å². The molecule has 3 nitrogen and oxygen atoms in total. The van der Waals surface area contributed by atoms with Crippen molar-refractivity contribution in [2.75, 3.05) is 46.3 Å². The van der Waals surface area contributed by atoms with Crippen LogP contribution in [0.5, 0.6) is 0 Å². The van der Waals surface area contributed by atoms with Crippen molar-refractivity contribution in [2.24, 2.45) is 16.7 Å². The Balaban J connectivity index is 1.49. The summed E-state index contributed by atoms with van der Waals surface area (Å²) in [5.74, 6) is 0.952. The summed E-state index contributed by atoms with van der Waals surface area (Å²) >= 11 is 0. The van der Waals surface area contributed by atoms with E-state index in [1.54, 1.807) is 0 Å². The fraction of sp³-hybridized carbons (Fsp3) is 1.00. The Labute approximate surface area is 125 Å². The van der Waals surface area contributed by atoms with E-state index in [0.29, 0.717) is 10.8 Å². The lowest BCUT2D eigenvalue weighted by molar-refractivity contribution is 0.100. The zero-order valence-corrected chi connectivity index (χ0v) is 13.9. The molecule has 3 fully saturated rings. The van der Waals surface area contributed by atoms with Gasteiger partial charge in [0.05, 0.1) is 0 Å². The van der Waals surface area contributed by atoms with E-state index in [0.717, 1.165) is 12.0 Å². The van der Waals surface area contributed by atoms with E-state index in [9.17, 15) is 0 Å². The molecule has 1 N–H and O–H groups in total. The van der Waals surface area contributed by atoms with Crippen molar-refractivity contribution in [2.45, 2.75) is 46.1 Å². The van der Waals surface area contributed by atoms with Crippen LogP contribution in [0, 0.1) is 16.7 Å². The van der Waals surface area contributed by atoms with Crippen LogP contribution < -0.4 is 5.32 Å². The van der Waals surface area contributed by atoms with E-state index in [4.69, 9.17) is 0 Å². The van der Waals surface area contributed by atoms with Crippen LogP contribution in [0.4, 0.5) is 0 Å². The second-order valence-corrected chi connectivity index (χ2v) is 8.45. The van der Waals surface area contributed by atoms with Crippen LogP contribution in [-0.2, 0) is 0 Å². The minimum atomic E-state index is 0.495. The Morgan fingerprint density at radius 2 is 1.80 bits per heavy atom. The molecule has 0 aromatic rings. The lowest BCUT2D eigenvalue weighted by atomic mass is 9.68.